The zero-order chi connectivity index (χ0) is 61.9. The first-order valence-corrected chi connectivity index (χ1v) is 38.0. The molecule has 0 aliphatic carbocycles. The summed E-state index contributed by atoms with van der Waals surface area (Å²) in [5, 5.41) is 14.0. The number of likely N-dealkylation sites (N-methyl/N-ethyl adjacent to an activating group) is 1. The minimum absolute atomic E-state index is 0.0609. The molecule has 0 aliphatic heterocycles. The fourth-order valence-electron chi connectivity index (χ4n) is 10.8. The Morgan fingerprint density at radius 2 is 0.706 bits per heavy atom. The van der Waals surface area contributed by atoms with Gasteiger partial charge < -0.3 is 19.8 Å². The molecule has 0 bridgehead atoms. The normalized spacial score (nSPS) is 14.1. The van der Waals surface area contributed by atoms with Gasteiger partial charge in [0.05, 0.1) is 39.9 Å². The molecular formula is C76H142N2O6P+. The largest absolute Gasteiger partial charge is 0.472 e. The van der Waals surface area contributed by atoms with E-state index in [9.17, 15) is 19.4 Å². The lowest BCUT2D eigenvalue weighted by molar-refractivity contribution is -0.870. The van der Waals surface area contributed by atoms with Crippen LogP contribution in [0.4, 0.5) is 0 Å². The van der Waals surface area contributed by atoms with Crippen LogP contribution >= 0.6 is 7.82 Å². The summed E-state index contributed by atoms with van der Waals surface area (Å²) in [6.45, 7) is 4.74. The predicted octanol–water partition coefficient (Wildman–Crippen LogP) is 23.5. The van der Waals surface area contributed by atoms with Gasteiger partial charge in [-0.3, -0.25) is 13.8 Å². The molecule has 0 aromatic heterocycles. The lowest BCUT2D eigenvalue weighted by Gasteiger charge is -2.25. The summed E-state index contributed by atoms with van der Waals surface area (Å²) >= 11 is 0. The van der Waals surface area contributed by atoms with Crippen molar-refractivity contribution in [2.24, 2.45) is 0 Å². The fraction of sp³-hybridized carbons (Fsp3) is 0.803. The van der Waals surface area contributed by atoms with Crippen molar-refractivity contribution in [1.82, 2.24) is 5.32 Å². The smallest absolute Gasteiger partial charge is 0.387 e. The number of phosphoric acid groups is 1. The molecule has 0 spiro atoms. The van der Waals surface area contributed by atoms with E-state index >= 15 is 0 Å². The number of carbonyl (C=O) groups is 1. The average molecular weight is 1210 g/mol. The lowest BCUT2D eigenvalue weighted by atomic mass is 10.0. The minimum atomic E-state index is -4.36. The van der Waals surface area contributed by atoms with Crippen LogP contribution in [0.3, 0.4) is 0 Å². The van der Waals surface area contributed by atoms with E-state index in [0.29, 0.717) is 17.4 Å². The summed E-state index contributed by atoms with van der Waals surface area (Å²) in [7, 11) is 1.58. The summed E-state index contributed by atoms with van der Waals surface area (Å²) < 4.78 is 23.8. The molecule has 0 fully saturated rings. The second-order valence-electron chi connectivity index (χ2n) is 25.9. The van der Waals surface area contributed by atoms with Crippen LogP contribution in [0.15, 0.2) is 85.1 Å². The summed E-state index contributed by atoms with van der Waals surface area (Å²) in [5.41, 5.74) is 0. The van der Waals surface area contributed by atoms with Gasteiger partial charge in [-0.25, -0.2) is 4.57 Å². The number of unbranched alkanes of at least 4 members (excludes halogenated alkanes) is 42. The number of hydrogen-bond donors (Lipinski definition) is 3. The highest BCUT2D eigenvalue weighted by atomic mass is 31.2. The Bertz CT molecular complexity index is 1660. The Kier molecular flexibility index (Phi) is 64.3. The van der Waals surface area contributed by atoms with Crippen LogP contribution in [0.1, 0.15) is 341 Å². The maximum atomic E-state index is 13.1. The van der Waals surface area contributed by atoms with Gasteiger partial charge in [0.15, 0.2) is 0 Å². The van der Waals surface area contributed by atoms with E-state index in [2.05, 4.69) is 92.1 Å². The van der Waals surface area contributed by atoms with Crippen LogP contribution in [-0.4, -0.2) is 73.4 Å². The number of aliphatic hydroxyl groups is 1. The maximum absolute atomic E-state index is 13.1. The van der Waals surface area contributed by atoms with Gasteiger partial charge in [0, 0.05) is 6.42 Å². The molecule has 0 aliphatic rings. The quantitative estimate of drug-likeness (QED) is 0.0243. The first kappa shape index (κ1) is 82.7. The van der Waals surface area contributed by atoms with Crippen molar-refractivity contribution in [2.45, 2.75) is 353 Å². The van der Waals surface area contributed by atoms with Gasteiger partial charge in [-0.1, -0.05) is 349 Å². The minimum Gasteiger partial charge on any atom is -0.387 e. The van der Waals surface area contributed by atoms with Crippen molar-refractivity contribution in [3.63, 3.8) is 0 Å². The van der Waals surface area contributed by atoms with Crippen molar-refractivity contribution in [2.75, 3.05) is 40.9 Å². The van der Waals surface area contributed by atoms with Crippen LogP contribution in [0.5, 0.6) is 0 Å². The van der Waals surface area contributed by atoms with Crippen molar-refractivity contribution < 1.29 is 32.9 Å². The van der Waals surface area contributed by atoms with E-state index in [1.165, 1.54) is 244 Å². The maximum Gasteiger partial charge on any atom is 0.472 e. The highest BCUT2D eigenvalue weighted by Gasteiger charge is 2.28. The van der Waals surface area contributed by atoms with E-state index in [1.54, 1.807) is 6.08 Å². The zero-order valence-electron chi connectivity index (χ0n) is 56.8. The highest BCUT2D eigenvalue weighted by Crippen LogP contribution is 2.43. The molecule has 0 rings (SSSR count). The summed E-state index contributed by atoms with van der Waals surface area (Å²) in [5.74, 6) is -0.173. The van der Waals surface area contributed by atoms with Crippen LogP contribution < -0.4 is 5.32 Å². The summed E-state index contributed by atoms with van der Waals surface area (Å²) in [6.07, 6.45) is 94.5. The predicted molar refractivity (Wildman–Crippen MR) is 373 cm³/mol. The van der Waals surface area contributed by atoms with E-state index in [-0.39, 0.29) is 19.1 Å². The first-order valence-electron chi connectivity index (χ1n) is 36.5. The number of nitrogens with one attached hydrogen (secondary N) is 1. The van der Waals surface area contributed by atoms with Gasteiger partial charge in [0.2, 0.25) is 5.91 Å². The zero-order valence-corrected chi connectivity index (χ0v) is 57.7. The number of amides is 1. The van der Waals surface area contributed by atoms with Crippen molar-refractivity contribution in [3.8, 4) is 0 Å². The number of carbonyl (C=O) groups excluding carboxylic acids is 1. The van der Waals surface area contributed by atoms with Gasteiger partial charge in [-0.2, -0.15) is 0 Å². The van der Waals surface area contributed by atoms with Crippen LogP contribution in [0.25, 0.3) is 0 Å². The molecule has 0 aromatic rings. The van der Waals surface area contributed by atoms with Gasteiger partial charge in [-0.15, -0.1) is 0 Å². The third kappa shape index (κ3) is 69.0. The number of allylic oxidation sites excluding steroid dienone is 13. The Hall–Kier alpha value is -2.32. The Labute approximate surface area is 528 Å². The molecule has 3 atom stereocenters. The number of quaternary nitrogens is 1. The van der Waals surface area contributed by atoms with Gasteiger partial charge in [0.25, 0.3) is 0 Å². The monoisotopic (exact) mass is 1210 g/mol. The molecule has 0 radical (unpaired) electrons. The topological polar surface area (TPSA) is 105 Å². The molecule has 8 nitrogen and oxygen atoms in total. The second kappa shape index (κ2) is 66.1. The standard InChI is InChI=1S/C76H141N2O6P/c1-6-8-10-12-14-16-18-20-22-24-26-28-30-32-34-35-36-37-38-39-40-41-42-43-44-46-48-50-52-54-56-58-60-62-64-66-68-70-76(80)77-74(73-84-85(81,82)83-72-71-78(3,4)5)75(79)69-67-65-63-61-59-57-55-53-51-49-47-45-33-31-29-27-25-23-21-19-17-15-13-11-9-7-2/h8,10,14,16,20,22,26,28,32,34,36-37,67,69,74-75,79H,6-7,9,11-13,15,17-19,21,23-25,27,29-31,33,35,38-66,68,70-73H2,1-5H3,(H-,77,80,81,82)/p+1/b10-8-,16-14-,22-20-,28-26-,34-32-,37-36-,69-67+. The molecule has 0 saturated carbocycles. The molecule has 9 heteroatoms. The van der Waals surface area contributed by atoms with Crippen LogP contribution in [0, 0.1) is 0 Å². The number of phosphoric ester groups is 1. The molecule has 3 N–H and O–H groups in total. The fourth-order valence-corrected chi connectivity index (χ4v) is 11.5. The lowest BCUT2D eigenvalue weighted by Crippen LogP contribution is -2.45. The molecule has 496 valence electrons. The Balaban J connectivity index is 4.02. The molecule has 1 amide bonds. The molecular weight excluding hydrogens is 1070 g/mol. The average Bonchev–Trinajstić information content (AvgIpc) is 3.49. The van der Waals surface area contributed by atoms with Crippen LogP contribution in [-0.2, 0) is 18.4 Å². The Morgan fingerprint density at radius 3 is 1.04 bits per heavy atom. The van der Waals surface area contributed by atoms with E-state index < -0.39 is 20.0 Å². The molecule has 0 saturated heterocycles. The van der Waals surface area contributed by atoms with Crippen molar-refractivity contribution in [1.29, 1.82) is 0 Å². The number of nitrogens with zero attached hydrogens (tertiary/aromatic N) is 1. The highest BCUT2D eigenvalue weighted by molar-refractivity contribution is 7.47. The van der Waals surface area contributed by atoms with E-state index in [0.717, 1.165) is 77.0 Å². The van der Waals surface area contributed by atoms with Crippen molar-refractivity contribution >= 4 is 13.7 Å². The molecule has 0 heterocycles. The number of aliphatic hydroxyl groups excluding tert-OH is 1. The van der Waals surface area contributed by atoms with E-state index in [1.807, 2.05) is 27.2 Å². The summed E-state index contributed by atoms with van der Waals surface area (Å²) in [4.78, 5) is 23.5. The summed E-state index contributed by atoms with van der Waals surface area (Å²) in [6, 6.07) is -0.851. The van der Waals surface area contributed by atoms with E-state index in [4.69, 9.17) is 9.05 Å². The van der Waals surface area contributed by atoms with Gasteiger partial charge in [-0.05, 0) is 70.6 Å². The van der Waals surface area contributed by atoms with Gasteiger partial charge in [0.1, 0.15) is 13.2 Å². The molecule has 3 unspecified atom stereocenters. The number of rotatable bonds is 67. The second-order valence-corrected chi connectivity index (χ2v) is 27.4. The Morgan fingerprint density at radius 1 is 0.412 bits per heavy atom. The van der Waals surface area contributed by atoms with Crippen molar-refractivity contribution in [3.05, 3.63) is 85.1 Å². The molecule has 85 heavy (non-hydrogen) atoms. The van der Waals surface area contributed by atoms with Gasteiger partial charge >= 0.3 is 7.82 Å². The van der Waals surface area contributed by atoms with Crippen LogP contribution in [0.2, 0.25) is 0 Å². The SMILES string of the molecule is CC/C=C\C/C=C\C/C=C\C/C=C\C/C=C\C/C=C\CCCCCCCCCCCCCCCCCCCCC(=O)NC(COP(=O)(O)OCC[N+](C)(C)C)C(O)/C=C/CCCCCCCCCCCCCCCCCCCCCCCCCC. The number of hydrogen-bond acceptors (Lipinski definition) is 5. The first-order chi connectivity index (χ1) is 41.5. The third-order valence-corrected chi connectivity index (χ3v) is 17.4. The molecule has 0 aromatic carbocycles. The third-order valence-electron chi connectivity index (χ3n) is 16.4.